The first kappa shape index (κ1) is 21.4. The minimum atomic E-state index is -3.82. The number of fused-ring (bicyclic) bond motifs is 1. The molecule has 32 heavy (non-hydrogen) atoms. The average molecular weight is 449 g/mol. The van der Waals surface area contributed by atoms with Crippen LogP contribution in [0.25, 0.3) is 16.8 Å². The van der Waals surface area contributed by atoms with Crippen molar-refractivity contribution in [2.75, 3.05) is 11.8 Å². The Balaban J connectivity index is 1.75. The van der Waals surface area contributed by atoms with Crippen molar-refractivity contribution in [1.29, 1.82) is 0 Å². The highest BCUT2D eigenvalue weighted by atomic mass is 32.2. The van der Waals surface area contributed by atoms with Crippen LogP contribution in [0.15, 0.2) is 72.0 Å². The van der Waals surface area contributed by atoms with Crippen molar-refractivity contribution >= 4 is 21.4 Å². The summed E-state index contributed by atoms with van der Waals surface area (Å²) in [7, 11) is -2.40. The van der Waals surface area contributed by atoms with Crippen molar-refractivity contribution < 1.29 is 18.3 Å². The van der Waals surface area contributed by atoms with Gasteiger partial charge >= 0.3 is 0 Å². The number of sulfonamides is 1. The van der Waals surface area contributed by atoms with E-state index in [1.54, 1.807) is 48.0 Å². The molecule has 4 rings (SSSR count). The monoisotopic (exact) mass is 448 g/mol. The number of nitrogens with one attached hydrogen (secondary N) is 1. The van der Waals surface area contributed by atoms with E-state index in [4.69, 9.17) is 4.74 Å². The molecule has 2 N–H and O–H groups in total. The number of anilines is 1. The van der Waals surface area contributed by atoms with Gasteiger partial charge < -0.3 is 9.84 Å². The molecule has 4 aromatic rings. The van der Waals surface area contributed by atoms with Crippen LogP contribution in [0.1, 0.15) is 12.6 Å². The molecule has 1 atom stereocenters. The second-order valence-electron chi connectivity index (χ2n) is 6.93. The zero-order chi connectivity index (χ0) is 22.7. The van der Waals surface area contributed by atoms with Gasteiger partial charge in [-0.25, -0.2) is 18.4 Å². The lowest BCUT2D eigenvalue weighted by Crippen LogP contribution is -2.14. The van der Waals surface area contributed by atoms with Crippen LogP contribution in [0.4, 0.5) is 5.69 Å². The van der Waals surface area contributed by atoms with Crippen LogP contribution in [-0.4, -0.2) is 41.1 Å². The number of aliphatic hydroxyl groups excluding tert-OH is 1. The van der Waals surface area contributed by atoms with Crippen LogP contribution in [0.5, 0.6) is 5.88 Å². The van der Waals surface area contributed by atoms with E-state index in [9.17, 15) is 13.5 Å². The zero-order valence-corrected chi connectivity index (χ0v) is 18.2. The number of pyridine rings is 2. The van der Waals surface area contributed by atoms with Gasteiger partial charge in [0.1, 0.15) is 23.1 Å². The maximum Gasteiger partial charge on any atom is 0.262 e. The van der Waals surface area contributed by atoms with Crippen molar-refractivity contribution in [2.45, 2.75) is 17.9 Å². The normalized spacial score (nSPS) is 12.1. The Labute approximate surface area is 185 Å². The van der Waals surface area contributed by atoms with Gasteiger partial charge in [-0.05, 0) is 43.2 Å². The second-order valence-corrected chi connectivity index (χ2v) is 8.62. The molecule has 3 heterocycles. The summed E-state index contributed by atoms with van der Waals surface area (Å²) in [6, 6.07) is 13.4. The summed E-state index contributed by atoms with van der Waals surface area (Å²) < 4.78 is 35.2. The van der Waals surface area contributed by atoms with Crippen molar-refractivity contribution in [1.82, 2.24) is 14.4 Å². The Hall–Kier alpha value is -3.87. The van der Waals surface area contributed by atoms with Crippen LogP contribution in [0.3, 0.4) is 0 Å². The number of aliphatic hydroxyl groups is 1. The van der Waals surface area contributed by atoms with Gasteiger partial charge in [0.25, 0.3) is 10.0 Å². The van der Waals surface area contributed by atoms with Crippen molar-refractivity contribution in [3.63, 3.8) is 0 Å². The fourth-order valence-electron chi connectivity index (χ4n) is 3.07. The molecular formula is C23H20N4O4S. The molecule has 0 radical (unpaired) electrons. The third-order valence-corrected chi connectivity index (χ3v) is 5.97. The number of hydrogen-bond donors (Lipinski definition) is 2. The number of ether oxygens (including phenoxy) is 1. The molecule has 0 aliphatic carbocycles. The predicted molar refractivity (Wildman–Crippen MR) is 121 cm³/mol. The first-order valence-electron chi connectivity index (χ1n) is 9.66. The summed E-state index contributed by atoms with van der Waals surface area (Å²) >= 11 is 0. The highest BCUT2D eigenvalue weighted by Crippen LogP contribution is 2.30. The van der Waals surface area contributed by atoms with Crippen LogP contribution < -0.4 is 9.46 Å². The van der Waals surface area contributed by atoms with E-state index in [1.165, 1.54) is 19.2 Å². The molecular weight excluding hydrogens is 428 g/mol. The molecule has 0 bridgehead atoms. The van der Waals surface area contributed by atoms with E-state index in [2.05, 4.69) is 26.5 Å². The lowest BCUT2D eigenvalue weighted by atomic mass is 10.1. The van der Waals surface area contributed by atoms with Gasteiger partial charge in [-0.2, -0.15) is 0 Å². The molecule has 8 nitrogen and oxygen atoms in total. The van der Waals surface area contributed by atoms with Gasteiger partial charge in [-0.3, -0.25) is 9.12 Å². The predicted octanol–water partition coefficient (Wildman–Crippen LogP) is 2.94. The Bertz CT molecular complexity index is 1440. The number of hydrogen-bond acceptors (Lipinski definition) is 6. The zero-order valence-electron chi connectivity index (χ0n) is 17.4. The Morgan fingerprint density at radius 3 is 2.59 bits per heavy atom. The Morgan fingerprint density at radius 2 is 1.88 bits per heavy atom. The maximum absolute atomic E-state index is 12.8. The summed E-state index contributed by atoms with van der Waals surface area (Å²) in [6.45, 7) is 1.59. The highest BCUT2D eigenvalue weighted by molar-refractivity contribution is 7.92. The second kappa shape index (κ2) is 8.70. The molecule has 0 spiro atoms. The quantitative estimate of drug-likeness (QED) is 0.455. The lowest BCUT2D eigenvalue weighted by Gasteiger charge is -2.13. The molecule has 1 unspecified atom stereocenters. The molecule has 0 fully saturated rings. The molecule has 1 aromatic carbocycles. The van der Waals surface area contributed by atoms with Gasteiger partial charge in [-0.15, -0.1) is 0 Å². The fourth-order valence-corrected chi connectivity index (χ4v) is 4.14. The van der Waals surface area contributed by atoms with Gasteiger partial charge in [0.15, 0.2) is 0 Å². The molecule has 0 aliphatic rings. The number of nitrogens with zero attached hydrogens (tertiary/aromatic N) is 3. The van der Waals surface area contributed by atoms with E-state index in [1.807, 2.05) is 18.3 Å². The van der Waals surface area contributed by atoms with Crippen LogP contribution in [-0.2, 0) is 10.0 Å². The molecule has 0 amide bonds. The maximum atomic E-state index is 12.8. The molecule has 0 saturated heterocycles. The summed E-state index contributed by atoms with van der Waals surface area (Å²) in [5.41, 5.74) is 2.96. The van der Waals surface area contributed by atoms with Crippen LogP contribution in [0, 0.1) is 11.8 Å². The lowest BCUT2D eigenvalue weighted by molar-refractivity contribution is 0.253. The van der Waals surface area contributed by atoms with Gasteiger partial charge in [-0.1, -0.05) is 24.1 Å². The van der Waals surface area contributed by atoms with Crippen LogP contribution >= 0.6 is 0 Å². The highest BCUT2D eigenvalue weighted by Gasteiger charge is 2.18. The molecule has 3 aromatic heterocycles. The van der Waals surface area contributed by atoms with Crippen molar-refractivity contribution in [3.05, 3.63) is 72.8 Å². The van der Waals surface area contributed by atoms with E-state index in [0.29, 0.717) is 16.9 Å². The van der Waals surface area contributed by atoms with E-state index >= 15 is 0 Å². The number of benzene rings is 1. The smallest absolute Gasteiger partial charge is 0.262 e. The summed E-state index contributed by atoms with van der Waals surface area (Å²) in [5, 5.41) is 9.43. The van der Waals surface area contributed by atoms with E-state index < -0.39 is 16.1 Å². The molecule has 0 aliphatic heterocycles. The average Bonchev–Trinajstić information content (AvgIpc) is 3.20. The topological polar surface area (TPSA) is 106 Å². The van der Waals surface area contributed by atoms with Crippen LogP contribution in [0.2, 0.25) is 0 Å². The molecule has 162 valence electrons. The van der Waals surface area contributed by atoms with Crippen molar-refractivity contribution in [3.8, 4) is 28.8 Å². The largest absolute Gasteiger partial charge is 0.480 e. The van der Waals surface area contributed by atoms with E-state index in [-0.39, 0.29) is 16.5 Å². The summed E-state index contributed by atoms with van der Waals surface area (Å²) in [6.07, 6.45) is 4.29. The first-order chi connectivity index (χ1) is 15.4. The number of methoxy groups -OCH3 is 1. The number of imidazole rings is 1. The number of aromatic nitrogens is 3. The first-order valence-corrected chi connectivity index (χ1v) is 11.1. The summed E-state index contributed by atoms with van der Waals surface area (Å²) in [5.74, 6) is 5.75. The van der Waals surface area contributed by atoms with Gasteiger partial charge in [0.2, 0.25) is 5.88 Å². The van der Waals surface area contributed by atoms with Gasteiger partial charge in [0, 0.05) is 23.5 Å². The minimum absolute atomic E-state index is 0.133. The third-order valence-electron chi connectivity index (χ3n) is 4.59. The Kier molecular flexibility index (Phi) is 5.81. The molecule has 9 heteroatoms. The number of rotatable bonds is 5. The standard InChI is InChI=1S/C23H20N4O4S/c1-16(28)8-10-19-14-24-22-11-9-17(15-27(19)22)18-12-21(23(31-2)25-13-18)26-32(29,30)20-6-4-3-5-7-20/h3-7,9,11-16,26,28H,1-2H3. The van der Waals surface area contributed by atoms with Crippen molar-refractivity contribution in [2.24, 2.45) is 0 Å². The summed E-state index contributed by atoms with van der Waals surface area (Å²) in [4.78, 5) is 8.71. The molecule has 0 saturated carbocycles. The minimum Gasteiger partial charge on any atom is -0.480 e. The van der Waals surface area contributed by atoms with E-state index in [0.717, 1.165) is 5.56 Å². The Morgan fingerprint density at radius 1 is 1.09 bits per heavy atom. The van der Waals surface area contributed by atoms with Gasteiger partial charge in [0.05, 0.1) is 18.2 Å². The third kappa shape index (κ3) is 4.42. The SMILES string of the molecule is COc1ncc(-c2ccc3ncc(C#CC(C)O)n3c2)cc1NS(=O)(=O)c1ccccc1. The fraction of sp³-hybridized carbons (Fsp3) is 0.130.